The summed E-state index contributed by atoms with van der Waals surface area (Å²) in [7, 11) is 0. The second kappa shape index (κ2) is 4.92. The van der Waals surface area contributed by atoms with E-state index in [0.717, 1.165) is 0 Å². The highest BCUT2D eigenvalue weighted by molar-refractivity contribution is 5.96. The summed E-state index contributed by atoms with van der Waals surface area (Å²) in [6.45, 7) is 0.144. The number of nitrogens with one attached hydrogen (secondary N) is 1. The van der Waals surface area contributed by atoms with Crippen molar-refractivity contribution in [3.63, 3.8) is 0 Å². The van der Waals surface area contributed by atoms with Gasteiger partial charge in [0.2, 0.25) is 12.7 Å². The maximum atomic E-state index is 11.6. The topological polar surface area (TPSA) is 111 Å². The van der Waals surface area contributed by atoms with Crippen molar-refractivity contribution in [3.05, 3.63) is 18.2 Å². The SMILES string of the molecule is NC(CC(=O)O)C(=O)Nc1ccc2c(c1)OCO2. The molecule has 0 saturated carbocycles. The Kier molecular flexibility index (Phi) is 3.33. The highest BCUT2D eigenvalue weighted by atomic mass is 16.7. The zero-order chi connectivity index (χ0) is 13.1. The van der Waals surface area contributed by atoms with Crippen LogP contribution in [-0.4, -0.2) is 29.8 Å². The Balaban J connectivity index is 2.01. The third-order valence-corrected chi connectivity index (χ3v) is 2.37. The number of carbonyl (C=O) groups excluding carboxylic acids is 1. The van der Waals surface area contributed by atoms with Gasteiger partial charge < -0.3 is 25.6 Å². The van der Waals surface area contributed by atoms with E-state index in [-0.39, 0.29) is 6.79 Å². The Labute approximate surface area is 102 Å². The van der Waals surface area contributed by atoms with E-state index < -0.39 is 24.3 Å². The number of aliphatic carboxylic acids is 1. The van der Waals surface area contributed by atoms with Gasteiger partial charge in [-0.2, -0.15) is 0 Å². The largest absolute Gasteiger partial charge is 0.481 e. The van der Waals surface area contributed by atoms with E-state index >= 15 is 0 Å². The molecule has 4 N–H and O–H groups in total. The summed E-state index contributed by atoms with van der Waals surface area (Å²) in [5, 5.41) is 11.0. The summed E-state index contributed by atoms with van der Waals surface area (Å²) in [6.07, 6.45) is -0.420. The molecule has 0 aromatic heterocycles. The van der Waals surface area contributed by atoms with E-state index in [4.69, 9.17) is 20.3 Å². The van der Waals surface area contributed by atoms with Crippen LogP contribution in [0.4, 0.5) is 5.69 Å². The first-order chi connectivity index (χ1) is 8.56. The van der Waals surface area contributed by atoms with Crippen molar-refractivity contribution in [1.29, 1.82) is 0 Å². The van der Waals surface area contributed by atoms with Gasteiger partial charge in [0.1, 0.15) is 0 Å². The quantitative estimate of drug-likeness (QED) is 0.703. The number of carbonyl (C=O) groups is 2. The molecule has 0 fully saturated rings. The average molecular weight is 252 g/mol. The monoisotopic (exact) mass is 252 g/mol. The van der Waals surface area contributed by atoms with E-state index in [1.807, 2.05) is 0 Å². The summed E-state index contributed by atoms with van der Waals surface area (Å²) < 4.78 is 10.3. The average Bonchev–Trinajstić information content (AvgIpc) is 2.75. The van der Waals surface area contributed by atoms with Crippen molar-refractivity contribution < 1.29 is 24.2 Å². The summed E-state index contributed by atoms with van der Waals surface area (Å²) >= 11 is 0. The molecule has 0 bridgehead atoms. The van der Waals surface area contributed by atoms with Gasteiger partial charge in [-0.1, -0.05) is 0 Å². The molecule has 1 aliphatic heterocycles. The van der Waals surface area contributed by atoms with Crippen molar-refractivity contribution in [2.45, 2.75) is 12.5 Å². The van der Waals surface area contributed by atoms with E-state index in [1.165, 1.54) is 0 Å². The lowest BCUT2D eigenvalue weighted by molar-refractivity contribution is -0.138. The van der Waals surface area contributed by atoms with Crippen LogP contribution in [-0.2, 0) is 9.59 Å². The minimum atomic E-state index is -1.12. The van der Waals surface area contributed by atoms with Gasteiger partial charge in [0, 0.05) is 11.8 Å². The smallest absolute Gasteiger partial charge is 0.305 e. The number of carboxylic acids is 1. The van der Waals surface area contributed by atoms with Gasteiger partial charge in [0.05, 0.1) is 12.5 Å². The second-order valence-corrected chi connectivity index (χ2v) is 3.76. The molecule has 7 nitrogen and oxygen atoms in total. The number of rotatable bonds is 4. The Morgan fingerprint density at radius 3 is 2.83 bits per heavy atom. The predicted molar refractivity (Wildman–Crippen MR) is 61.4 cm³/mol. The van der Waals surface area contributed by atoms with Gasteiger partial charge >= 0.3 is 5.97 Å². The van der Waals surface area contributed by atoms with Crippen molar-refractivity contribution in [3.8, 4) is 11.5 Å². The maximum Gasteiger partial charge on any atom is 0.305 e. The molecule has 1 atom stereocenters. The number of benzene rings is 1. The second-order valence-electron chi connectivity index (χ2n) is 3.76. The van der Waals surface area contributed by atoms with Crippen molar-refractivity contribution in [1.82, 2.24) is 0 Å². The lowest BCUT2D eigenvalue weighted by Gasteiger charge is -2.10. The normalized spacial score (nSPS) is 14.1. The molecular weight excluding hydrogens is 240 g/mol. The van der Waals surface area contributed by atoms with Gasteiger partial charge in [-0.15, -0.1) is 0 Å². The van der Waals surface area contributed by atoms with E-state index in [2.05, 4.69) is 5.32 Å². The number of carboxylic acid groups (broad SMARTS) is 1. The Morgan fingerprint density at radius 1 is 1.39 bits per heavy atom. The number of anilines is 1. The third kappa shape index (κ3) is 2.69. The highest BCUT2D eigenvalue weighted by Gasteiger charge is 2.19. The van der Waals surface area contributed by atoms with Crippen molar-refractivity contribution in [2.24, 2.45) is 5.73 Å². The van der Waals surface area contributed by atoms with Crippen LogP contribution in [0.3, 0.4) is 0 Å². The lowest BCUT2D eigenvalue weighted by atomic mass is 10.2. The van der Waals surface area contributed by atoms with E-state index in [0.29, 0.717) is 17.2 Å². The molecule has 1 amide bonds. The first-order valence-electron chi connectivity index (χ1n) is 5.24. The maximum absolute atomic E-state index is 11.6. The van der Waals surface area contributed by atoms with Crippen molar-refractivity contribution in [2.75, 3.05) is 12.1 Å². The minimum Gasteiger partial charge on any atom is -0.481 e. The molecule has 1 heterocycles. The molecule has 1 aromatic rings. The van der Waals surface area contributed by atoms with Gasteiger partial charge in [-0.25, -0.2) is 0 Å². The molecule has 0 radical (unpaired) electrons. The van der Waals surface area contributed by atoms with Crippen LogP contribution in [0.15, 0.2) is 18.2 Å². The zero-order valence-electron chi connectivity index (χ0n) is 9.38. The van der Waals surface area contributed by atoms with E-state index in [9.17, 15) is 9.59 Å². The summed E-state index contributed by atoms with van der Waals surface area (Å²) in [6, 6.07) is 3.78. The lowest BCUT2D eigenvalue weighted by Crippen LogP contribution is -2.37. The molecule has 7 heteroatoms. The fourth-order valence-electron chi connectivity index (χ4n) is 1.49. The van der Waals surface area contributed by atoms with Gasteiger partial charge in [-0.05, 0) is 12.1 Å². The molecule has 0 saturated heterocycles. The van der Waals surface area contributed by atoms with Crippen LogP contribution in [0, 0.1) is 0 Å². The number of fused-ring (bicyclic) bond motifs is 1. The molecule has 0 spiro atoms. The summed E-state index contributed by atoms with van der Waals surface area (Å²) in [4.78, 5) is 22.0. The molecule has 1 unspecified atom stereocenters. The Morgan fingerprint density at radius 2 is 2.11 bits per heavy atom. The molecular formula is C11H12N2O5. The molecule has 1 aromatic carbocycles. The number of hydrogen-bond acceptors (Lipinski definition) is 5. The molecule has 2 rings (SSSR count). The van der Waals surface area contributed by atoms with Crippen LogP contribution in [0.2, 0.25) is 0 Å². The number of nitrogens with two attached hydrogens (primary N) is 1. The Hall–Kier alpha value is -2.28. The third-order valence-electron chi connectivity index (χ3n) is 2.37. The van der Waals surface area contributed by atoms with Crippen LogP contribution < -0.4 is 20.5 Å². The standard InChI is InChI=1S/C11H12N2O5/c12-7(4-10(14)15)11(16)13-6-1-2-8-9(3-6)18-5-17-8/h1-3,7H,4-5,12H2,(H,13,16)(H,14,15). The summed E-state index contributed by atoms with van der Waals surface area (Å²) in [5.74, 6) is -0.554. The van der Waals surface area contributed by atoms with Gasteiger partial charge in [0.25, 0.3) is 0 Å². The van der Waals surface area contributed by atoms with Crippen LogP contribution in [0.1, 0.15) is 6.42 Å². The van der Waals surface area contributed by atoms with E-state index in [1.54, 1.807) is 18.2 Å². The van der Waals surface area contributed by atoms with Crippen LogP contribution in [0.5, 0.6) is 11.5 Å². The molecule has 96 valence electrons. The van der Waals surface area contributed by atoms with Crippen LogP contribution >= 0.6 is 0 Å². The van der Waals surface area contributed by atoms with Gasteiger partial charge in [-0.3, -0.25) is 9.59 Å². The summed E-state index contributed by atoms with van der Waals surface area (Å²) in [5.41, 5.74) is 5.91. The number of amides is 1. The van der Waals surface area contributed by atoms with Crippen LogP contribution in [0.25, 0.3) is 0 Å². The number of hydrogen-bond donors (Lipinski definition) is 3. The zero-order valence-corrected chi connectivity index (χ0v) is 9.38. The van der Waals surface area contributed by atoms with Gasteiger partial charge in [0.15, 0.2) is 11.5 Å². The fourth-order valence-corrected chi connectivity index (χ4v) is 1.49. The first-order valence-corrected chi connectivity index (χ1v) is 5.24. The highest BCUT2D eigenvalue weighted by Crippen LogP contribution is 2.34. The molecule has 1 aliphatic rings. The van der Waals surface area contributed by atoms with Crippen molar-refractivity contribution >= 4 is 17.6 Å². The Bertz CT molecular complexity index is 488. The fraction of sp³-hybridized carbons (Fsp3) is 0.273. The predicted octanol–water partition coefficient (Wildman–Crippen LogP) is 0.156. The minimum absolute atomic E-state index is 0.144. The molecule has 18 heavy (non-hydrogen) atoms. The number of ether oxygens (including phenoxy) is 2. The molecule has 0 aliphatic carbocycles. The first kappa shape index (κ1) is 12.2.